The molecule has 0 radical (unpaired) electrons. The first-order chi connectivity index (χ1) is 13.0. The molecule has 0 bridgehead atoms. The van der Waals surface area contributed by atoms with Gasteiger partial charge in [-0.25, -0.2) is 0 Å². The monoisotopic (exact) mass is 375 g/mol. The Bertz CT molecular complexity index is 667. The van der Waals surface area contributed by atoms with E-state index in [2.05, 4.69) is 33.5 Å². The first kappa shape index (κ1) is 18.9. The van der Waals surface area contributed by atoms with Gasteiger partial charge in [0.1, 0.15) is 0 Å². The Morgan fingerprint density at radius 3 is 2.74 bits per heavy atom. The van der Waals surface area contributed by atoms with Crippen LogP contribution < -0.4 is 0 Å². The summed E-state index contributed by atoms with van der Waals surface area (Å²) >= 11 is 0. The van der Waals surface area contributed by atoms with E-state index in [4.69, 9.17) is 0 Å². The topological polar surface area (TPSA) is 74.5 Å². The van der Waals surface area contributed by atoms with Gasteiger partial charge in [0, 0.05) is 32.1 Å². The number of carbonyl (C=O) groups is 1. The summed E-state index contributed by atoms with van der Waals surface area (Å²) in [7, 11) is 0. The fourth-order valence-corrected chi connectivity index (χ4v) is 5.09. The summed E-state index contributed by atoms with van der Waals surface area (Å²) in [4.78, 5) is 16.9. The van der Waals surface area contributed by atoms with Crippen molar-refractivity contribution < 1.29 is 9.90 Å². The second-order valence-corrected chi connectivity index (χ2v) is 8.83. The number of aliphatic hydroxyl groups excluding tert-OH is 1. The van der Waals surface area contributed by atoms with Crippen LogP contribution in [0.2, 0.25) is 0 Å². The Kier molecular flexibility index (Phi) is 5.50. The Balaban J connectivity index is 1.40. The lowest BCUT2D eigenvalue weighted by Crippen LogP contribution is -2.39. The maximum Gasteiger partial charge on any atom is 0.223 e. The molecule has 7 nitrogen and oxygen atoms in total. The lowest BCUT2D eigenvalue weighted by Gasteiger charge is -2.31. The number of likely N-dealkylation sites (tertiary alicyclic amines) is 1. The van der Waals surface area contributed by atoms with Crippen LogP contribution in [0, 0.1) is 5.92 Å². The van der Waals surface area contributed by atoms with Gasteiger partial charge in [-0.15, -0.1) is 10.2 Å². The van der Waals surface area contributed by atoms with E-state index >= 15 is 0 Å². The van der Waals surface area contributed by atoms with Crippen molar-refractivity contribution in [1.82, 2.24) is 24.6 Å². The van der Waals surface area contributed by atoms with Gasteiger partial charge in [-0.1, -0.05) is 25.7 Å². The maximum absolute atomic E-state index is 12.6. The second-order valence-electron chi connectivity index (χ2n) is 8.83. The predicted octanol–water partition coefficient (Wildman–Crippen LogP) is 2.11. The minimum atomic E-state index is -0.303. The van der Waals surface area contributed by atoms with Gasteiger partial charge in [0.2, 0.25) is 5.91 Å². The van der Waals surface area contributed by atoms with Crippen LogP contribution in [-0.2, 0) is 17.9 Å². The van der Waals surface area contributed by atoms with Crippen molar-refractivity contribution in [2.24, 2.45) is 5.92 Å². The molecule has 0 aromatic carbocycles. The molecule has 2 fully saturated rings. The molecule has 150 valence electrons. The highest BCUT2D eigenvalue weighted by molar-refractivity contribution is 5.76. The summed E-state index contributed by atoms with van der Waals surface area (Å²) in [6, 6.07) is 0.475. The highest BCUT2D eigenvalue weighted by Gasteiger charge is 2.38. The molecule has 1 aliphatic carbocycles. The molecule has 1 N–H and O–H groups in total. The summed E-state index contributed by atoms with van der Waals surface area (Å²) < 4.78 is 2.18. The summed E-state index contributed by atoms with van der Waals surface area (Å²) in [5.74, 6) is 2.85. The van der Waals surface area contributed by atoms with Crippen molar-refractivity contribution in [3.8, 4) is 0 Å². The number of hydrogen-bond acceptors (Lipinski definition) is 5. The number of aromatic nitrogens is 3. The van der Waals surface area contributed by atoms with E-state index in [-0.39, 0.29) is 18.1 Å². The molecular formula is C20H33N5O2. The summed E-state index contributed by atoms with van der Waals surface area (Å²) in [6.07, 6.45) is 7.37. The Hall–Kier alpha value is -1.47. The Morgan fingerprint density at radius 1 is 1.22 bits per heavy atom. The third-order valence-corrected chi connectivity index (χ3v) is 6.65. The number of rotatable bonds is 5. The molecule has 2 aliphatic heterocycles. The van der Waals surface area contributed by atoms with Crippen LogP contribution >= 0.6 is 0 Å². The minimum Gasteiger partial charge on any atom is -0.392 e. The number of fused-ring (bicyclic) bond motifs is 1. The van der Waals surface area contributed by atoms with Gasteiger partial charge in [-0.05, 0) is 32.6 Å². The Morgan fingerprint density at radius 2 is 2.00 bits per heavy atom. The molecule has 2 atom stereocenters. The standard InChI is InChI=1S/C20H33N5O2/c1-14(2)25-12-16(26)11-17(25)20-22-21-18-13-23(9-10-24(18)20)19(27)8-7-15-5-3-4-6-15/h14-17,26H,3-13H2,1-2H3/t16-,17-/m0/s1. The SMILES string of the molecule is CC(C)N1C[C@@H](O)C[C@H]1c1nnc2n1CCN(C(=O)CCC1CCCC1)C2. The van der Waals surface area contributed by atoms with Crippen LogP contribution in [0.1, 0.15) is 76.5 Å². The largest absolute Gasteiger partial charge is 0.392 e. The first-order valence-electron chi connectivity index (χ1n) is 10.7. The zero-order valence-corrected chi connectivity index (χ0v) is 16.7. The number of nitrogens with zero attached hydrogens (tertiary/aromatic N) is 5. The highest BCUT2D eigenvalue weighted by atomic mass is 16.3. The van der Waals surface area contributed by atoms with Crippen LogP contribution in [0.15, 0.2) is 0 Å². The minimum absolute atomic E-state index is 0.117. The lowest BCUT2D eigenvalue weighted by molar-refractivity contribution is -0.133. The normalized spacial score (nSPS) is 26.9. The molecule has 1 aromatic rings. The van der Waals surface area contributed by atoms with Gasteiger partial charge >= 0.3 is 0 Å². The van der Waals surface area contributed by atoms with Crippen molar-refractivity contribution in [3.63, 3.8) is 0 Å². The van der Waals surface area contributed by atoms with Gasteiger partial charge in [-0.2, -0.15) is 0 Å². The van der Waals surface area contributed by atoms with E-state index in [1.165, 1.54) is 25.7 Å². The van der Waals surface area contributed by atoms with Gasteiger partial charge < -0.3 is 14.6 Å². The van der Waals surface area contributed by atoms with E-state index in [1.54, 1.807) is 0 Å². The maximum atomic E-state index is 12.6. The van der Waals surface area contributed by atoms with E-state index in [0.717, 1.165) is 37.1 Å². The molecule has 7 heteroatoms. The number of aliphatic hydroxyl groups is 1. The zero-order valence-electron chi connectivity index (χ0n) is 16.7. The molecule has 4 rings (SSSR count). The Labute approximate surface area is 161 Å². The number of hydrogen-bond donors (Lipinski definition) is 1. The lowest BCUT2D eigenvalue weighted by atomic mass is 10.0. The quantitative estimate of drug-likeness (QED) is 0.853. The van der Waals surface area contributed by atoms with Gasteiger partial charge in [0.05, 0.1) is 18.7 Å². The van der Waals surface area contributed by atoms with E-state index in [9.17, 15) is 9.90 Å². The third kappa shape index (κ3) is 3.90. The fourth-order valence-electron chi connectivity index (χ4n) is 5.09. The molecular weight excluding hydrogens is 342 g/mol. The molecule has 1 amide bonds. The van der Waals surface area contributed by atoms with Crippen molar-refractivity contribution in [3.05, 3.63) is 11.6 Å². The van der Waals surface area contributed by atoms with Gasteiger partial charge in [-0.3, -0.25) is 9.69 Å². The summed E-state index contributed by atoms with van der Waals surface area (Å²) in [6.45, 7) is 7.06. The fraction of sp³-hybridized carbons (Fsp3) is 0.850. The molecule has 0 unspecified atom stereocenters. The number of amides is 1. The molecule has 1 aromatic heterocycles. The van der Waals surface area contributed by atoms with E-state index in [0.29, 0.717) is 32.0 Å². The molecule has 1 saturated carbocycles. The second kappa shape index (κ2) is 7.87. The third-order valence-electron chi connectivity index (χ3n) is 6.65. The number of β-amino-alcohol motifs (C(OH)–C–C–N with tert-alkyl or cyclic N) is 1. The first-order valence-corrected chi connectivity index (χ1v) is 10.7. The molecule has 3 heterocycles. The van der Waals surface area contributed by atoms with Crippen LogP contribution in [0.3, 0.4) is 0 Å². The van der Waals surface area contributed by atoms with Crippen molar-refractivity contribution in [2.45, 2.75) is 90.1 Å². The van der Waals surface area contributed by atoms with Crippen LogP contribution in [-0.4, -0.2) is 60.8 Å². The predicted molar refractivity (Wildman–Crippen MR) is 102 cm³/mol. The molecule has 3 aliphatic rings. The summed E-state index contributed by atoms with van der Waals surface area (Å²) in [5, 5.41) is 19.0. The zero-order chi connectivity index (χ0) is 19.0. The summed E-state index contributed by atoms with van der Waals surface area (Å²) in [5.41, 5.74) is 0. The van der Waals surface area contributed by atoms with Crippen LogP contribution in [0.25, 0.3) is 0 Å². The molecule has 1 saturated heterocycles. The van der Waals surface area contributed by atoms with Crippen LogP contribution in [0.5, 0.6) is 0 Å². The number of carbonyl (C=O) groups excluding carboxylic acids is 1. The molecule has 27 heavy (non-hydrogen) atoms. The van der Waals surface area contributed by atoms with Crippen molar-refractivity contribution in [2.75, 3.05) is 13.1 Å². The van der Waals surface area contributed by atoms with E-state index in [1.807, 2.05) is 4.90 Å². The van der Waals surface area contributed by atoms with Gasteiger partial charge in [0.15, 0.2) is 11.6 Å². The van der Waals surface area contributed by atoms with Crippen LogP contribution in [0.4, 0.5) is 0 Å². The average Bonchev–Trinajstić information content (AvgIpc) is 3.38. The molecule has 0 spiro atoms. The van der Waals surface area contributed by atoms with Crippen molar-refractivity contribution >= 4 is 5.91 Å². The average molecular weight is 376 g/mol. The van der Waals surface area contributed by atoms with Crippen molar-refractivity contribution in [1.29, 1.82) is 0 Å². The highest BCUT2D eigenvalue weighted by Crippen LogP contribution is 2.34. The smallest absolute Gasteiger partial charge is 0.223 e. The van der Waals surface area contributed by atoms with Gasteiger partial charge in [0.25, 0.3) is 0 Å². The van der Waals surface area contributed by atoms with E-state index < -0.39 is 0 Å².